The van der Waals surface area contributed by atoms with Gasteiger partial charge < -0.3 is 10.3 Å². The number of fused-ring (bicyclic) bond motifs is 3. The number of para-hydroxylation sites is 1. The summed E-state index contributed by atoms with van der Waals surface area (Å²) in [4.78, 5) is 0. The van der Waals surface area contributed by atoms with E-state index in [1.807, 2.05) is 18.2 Å². The fourth-order valence-corrected chi connectivity index (χ4v) is 2.84. The number of nitrogens with one attached hydrogen (secondary N) is 1. The summed E-state index contributed by atoms with van der Waals surface area (Å²) in [6, 6.07) is 14.3. The quantitative estimate of drug-likeness (QED) is 0.242. The Kier molecular flexibility index (Phi) is 3.93. The number of benzene rings is 2. The Morgan fingerprint density at radius 1 is 1.17 bits per heavy atom. The minimum atomic E-state index is 0.253. The molecule has 0 aliphatic carbocycles. The van der Waals surface area contributed by atoms with Gasteiger partial charge in [-0.3, -0.25) is 0 Å². The first kappa shape index (κ1) is 15.0. The zero-order valence-electron chi connectivity index (χ0n) is 13.2. The summed E-state index contributed by atoms with van der Waals surface area (Å²) in [6.07, 6.45) is 2.13. The smallest absolute Gasteiger partial charge is 0.155 e. The predicted octanol–water partition coefficient (Wildman–Crippen LogP) is 4.41. The Morgan fingerprint density at radius 3 is 2.65 bits per heavy atom. The van der Waals surface area contributed by atoms with Gasteiger partial charge in [-0.1, -0.05) is 35.1 Å². The lowest BCUT2D eigenvalue weighted by molar-refractivity contribution is 0.847. The molecule has 0 fully saturated rings. The first-order chi connectivity index (χ1) is 11.2. The van der Waals surface area contributed by atoms with Crippen molar-refractivity contribution in [2.45, 2.75) is 20.4 Å². The second-order valence-corrected chi connectivity index (χ2v) is 5.56. The topological polar surface area (TPSA) is 79.5 Å². The van der Waals surface area contributed by atoms with Crippen molar-refractivity contribution in [2.75, 3.05) is 0 Å². The summed E-state index contributed by atoms with van der Waals surface area (Å²) < 4.78 is 2.31. The monoisotopic (exact) mass is 305 g/mol. The number of nitrogens with two attached hydrogens (primary N) is 1. The van der Waals surface area contributed by atoms with Crippen molar-refractivity contribution in [2.24, 2.45) is 16.1 Å². The third-order valence-corrected chi connectivity index (χ3v) is 4.13. The number of amidine groups is 1. The normalized spacial score (nSPS) is 13.0. The summed E-state index contributed by atoms with van der Waals surface area (Å²) in [5.41, 5.74) is 17.1. The Balaban J connectivity index is 2.30. The maximum Gasteiger partial charge on any atom is 0.155 e. The van der Waals surface area contributed by atoms with Crippen LogP contribution >= 0.6 is 0 Å². The van der Waals surface area contributed by atoms with Gasteiger partial charge in [0.05, 0.1) is 0 Å². The molecule has 0 saturated heterocycles. The van der Waals surface area contributed by atoms with Crippen LogP contribution in [0.5, 0.6) is 0 Å². The standard InChI is InChI=1S/C18H19N5/c1-3-12(2)11-23-16-7-5-4-6-14(16)15-10-13(8-9-17(15)23)18(19)21-22-20/h3-10H,11H2,1-2H3,(H3,19,20,21)/b12-3+. The first-order valence-electron chi connectivity index (χ1n) is 7.48. The van der Waals surface area contributed by atoms with E-state index in [-0.39, 0.29) is 5.84 Å². The lowest BCUT2D eigenvalue weighted by atomic mass is 10.1. The molecule has 0 aliphatic heterocycles. The fourth-order valence-electron chi connectivity index (χ4n) is 2.84. The molecule has 0 radical (unpaired) electrons. The third kappa shape index (κ3) is 2.61. The predicted molar refractivity (Wildman–Crippen MR) is 94.7 cm³/mol. The van der Waals surface area contributed by atoms with E-state index >= 15 is 0 Å². The molecule has 0 aliphatic rings. The Hall–Kier alpha value is -2.95. The molecule has 0 saturated carbocycles. The van der Waals surface area contributed by atoms with E-state index in [9.17, 15) is 0 Å². The van der Waals surface area contributed by atoms with Crippen molar-refractivity contribution in [3.63, 3.8) is 0 Å². The Labute approximate surface area is 134 Å². The van der Waals surface area contributed by atoms with Crippen LogP contribution in [0.25, 0.3) is 21.8 Å². The van der Waals surface area contributed by atoms with Crippen LogP contribution in [-0.4, -0.2) is 10.4 Å². The summed E-state index contributed by atoms with van der Waals surface area (Å²) in [7, 11) is 0. The molecule has 3 aromatic rings. The van der Waals surface area contributed by atoms with Crippen molar-refractivity contribution >= 4 is 27.6 Å². The van der Waals surface area contributed by atoms with Gasteiger partial charge in [-0.2, -0.15) is 5.53 Å². The van der Waals surface area contributed by atoms with E-state index < -0.39 is 0 Å². The van der Waals surface area contributed by atoms with Gasteiger partial charge in [0.25, 0.3) is 0 Å². The molecular weight excluding hydrogens is 286 g/mol. The maximum atomic E-state index is 6.83. The van der Waals surface area contributed by atoms with Gasteiger partial charge in [-0.25, -0.2) is 0 Å². The number of aromatic nitrogens is 1. The number of nitrogens with zero attached hydrogens (tertiary/aromatic N) is 3. The van der Waals surface area contributed by atoms with Crippen LogP contribution in [0.2, 0.25) is 0 Å². The lowest BCUT2D eigenvalue weighted by Crippen LogP contribution is -2.12. The number of allylic oxidation sites excluding steroid dienone is 2. The van der Waals surface area contributed by atoms with E-state index in [0.717, 1.165) is 23.0 Å². The molecule has 3 N–H and O–H groups in total. The molecule has 3 rings (SSSR count). The van der Waals surface area contributed by atoms with Gasteiger partial charge in [0, 0.05) is 33.9 Å². The first-order valence-corrected chi connectivity index (χ1v) is 7.48. The summed E-state index contributed by atoms with van der Waals surface area (Å²) in [5, 5.41) is 8.94. The maximum absolute atomic E-state index is 6.83. The molecule has 116 valence electrons. The molecule has 1 aromatic heterocycles. The average Bonchev–Trinajstić information content (AvgIpc) is 2.88. The lowest BCUT2D eigenvalue weighted by Gasteiger charge is -2.08. The average molecular weight is 305 g/mol. The van der Waals surface area contributed by atoms with Gasteiger partial charge in [-0.05, 0) is 38.1 Å². The zero-order valence-corrected chi connectivity index (χ0v) is 13.2. The minimum absolute atomic E-state index is 0.253. The Bertz CT molecular complexity index is 947. The van der Waals surface area contributed by atoms with Crippen LogP contribution in [0.3, 0.4) is 0 Å². The highest BCUT2D eigenvalue weighted by molar-refractivity contribution is 6.11. The third-order valence-electron chi connectivity index (χ3n) is 4.13. The molecular formula is C18H19N5. The van der Waals surface area contributed by atoms with E-state index in [1.165, 1.54) is 16.5 Å². The van der Waals surface area contributed by atoms with Gasteiger partial charge in [0.15, 0.2) is 5.84 Å². The fraction of sp³-hybridized carbons (Fsp3) is 0.167. The Morgan fingerprint density at radius 2 is 1.91 bits per heavy atom. The van der Waals surface area contributed by atoms with Crippen molar-refractivity contribution in [3.05, 3.63) is 59.7 Å². The van der Waals surface area contributed by atoms with Crippen LogP contribution < -0.4 is 5.73 Å². The van der Waals surface area contributed by atoms with Crippen molar-refractivity contribution in [1.29, 1.82) is 5.53 Å². The highest BCUT2D eigenvalue weighted by Gasteiger charge is 2.12. The van der Waals surface area contributed by atoms with Crippen LogP contribution in [0.1, 0.15) is 19.4 Å². The van der Waals surface area contributed by atoms with Crippen LogP contribution in [0, 0.1) is 5.53 Å². The van der Waals surface area contributed by atoms with E-state index in [0.29, 0.717) is 0 Å². The molecule has 5 nitrogen and oxygen atoms in total. The van der Waals surface area contributed by atoms with Crippen LogP contribution in [-0.2, 0) is 6.54 Å². The van der Waals surface area contributed by atoms with E-state index in [1.54, 1.807) is 0 Å². The van der Waals surface area contributed by atoms with Gasteiger partial charge in [0.1, 0.15) is 0 Å². The highest BCUT2D eigenvalue weighted by Crippen LogP contribution is 2.30. The molecule has 0 atom stereocenters. The van der Waals surface area contributed by atoms with Gasteiger partial charge >= 0.3 is 0 Å². The van der Waals surface area contributed by atoms with Crippen LogP contribution in [0.4, 0.5) is 0 Å². The van der Waals surface area contributed by atoms with E-state index in [2.05, 4.69) is 59.1 Å². The van der Waals surface area contributed by atoms with Crippen molar-refractivity contribution in [1.82, 2.24) is 4.57 Å². The van der Waals surface area contributed by atoms with Crippen LogP contribution in [0.15, 0.2) is 64.4 Å². The zero-order chi connectivity index (χ0) is 16.4. The van der Waals surface area contributed by atoms with E-state index in [4.69, 9.17) is 11.3 Å². The molecule has 2 aromatic carbocycles. The molecule has 0 bridgehead atoms. The van der Waals surface area contributed by atoms with Crippen molar-refractivity contribution in [3.8, 4) is 0 Å². The largest absolute Gasteiger partial charge is 0.382 e. The molecule has 0 unspecified atom stereocenters. The molecule has 0 amide bonds. The second-order valence-electron chi connectivity index (χ2n) is 5.56. The molecule has 5 heteroatoms. The summed E-state index contributed by atoms with van der Waals surface area (Å²) in [6.45, 7) is 5.05. The summed E-state index contributed by atoms with van der Waals surface area (Å²) >= 11 is 0. The molecule has 23 heavy (non-hydrogen) atoms. The van der Waals surface area contributed by atoms with Gasteiger partial charge in [0.2, 0.25) is 0 Å². The van der Waals surface area contributed by atoms with Crippen molar-refractivity contribution < 1.29 is 0 Å². The number of rotatable bonds is 4. The van der Waals surface area contributed by atoms with Gasteiger partial charge in [-0.15, -0.1) is 5.10 Å². The minimum Gasteiger partial charge on any atom is -0.382 e. The second kappa shape index (κ2) is 6.04. The summed E-state index contributed by atoms with van der Waals surface area (Å²) in [5.74, 6) is 0.253. The SMILES string of the molecule is C/C=C(\C)Cn1c2ccccc2c2cc(C(N)=NN=N)ccc21. The number of hydrogen-bond donors (Lipinski definition) is 2. The molecule has 1 heterocycles. The highest BCUT2D eigenvalue weighted by atomic mass is 15.3. The number of hydrogen-bond acceptors (Lipinski definition) is 2. The molecule has 0 spiro atoms.